The van der Waals surface area contributed by atoms with Gasteiger partial charge in [0, 0.05) is 25.8 Å². The predicted octanol–water partition coefficient (Wildman–Crippen LogP) is 3.17. The highest BCUT2D eigenvalue weighted by Crippen LogP contribution is 2.11. The summed E-state index contributed by atoms with van der Waals surface area (Å²) in [5.74, 6) is 0.808. The van der Waals surface area contributed by atoms with Gasteiger partial charge in [-0.2, -0.15) is 0 Å². The number of carbonyl (C=O) groups is 1. The highest BCUT2D eigenvalue weighted by atomic mass is 16.1. The number of benzene rings is 1. The fourth-order valence-electron chi connectivity index (χ4n) is 2.34. The van der Waals surface area contributed by atoms with E-state index in [1.807, 2.05) is 43.3 Å². The van der Waals surface area contributed by atoms with Gasteiger partial charge in [-0.05, 0) is 44.0 Å². The van der Waals surface area contributed by atoms with Crippen LogP contribution < -0.4 is 10.2 Å². The van der Waals surface area contributed by atoms with E-state index in [-0.39, 0.29) is 5.91 Å². The van der Waals surface area contributed by atoms with Gasteiger partial charge in [0.05, 0.1) is 5.56 Å². The molecule has 0 fully saturated rings. The van der Waals surface area contributed by atoms with Gasteiger partial charge in [0.25, 0.3) is 5.91 Å². The normalized spacial score (nSPS) is 10.3. The lowest BCUT2D eigenvalue weighted by atomic mass is 10.1. The first-order valence-electron chi connectivity index (χ1n) is 7.69. The van der Waals surface area contributed by atoms with Crippen LogP contribution in [0.15, 0.2) is 42.6 Å². The minimum absolute atomic E-state index is 0.0955. The van der Waals surface area contributed by atoms with Crippen LogP contribution in [-0.4, -0.2) is 24.0 Å². The lowest BCUT2D eigenvalue weighted by Crippen LogP contribution is -2.25. The van der Waals surface area contributed by atoms with Crippen LogP contribution >= 0.6 is 0 Å². The molecule has 0 unspecified atom stereocenters. The Kier molecular flexibility index (Phi) is 5.53. The molecular weight excluding hydrogens is 274 g/mol. The number of aryl methyl sites for hydroxylation is 1. The predicted molar refractivity (Wildman–Crippen MR) is 90.1 cm³/mol. The summed E-state index contributed by atoms with van der Waals surface area (Å²) in [7, 11) is 0. The third-order valence-corrected chi connectivity index (χ3v) is 3.80. The van der Waals surface area contributed by atoms with Crippen molar-refractivity contribution in [3.05, 3.63) is 59.3 Å². The molecule has 4 nitrogen and oxygen atoms in total. The van der Waals surface area contributed by atoms with Crippen molar-refractivity contribution in [2.24, 2.45) is 0 Å². The Bertz CT molecular complexity index is 618. The zero-order chi connectivity index (χ0) is 15.9. The summed E-state index contributed by atoms with van der Waals surface area (Å²) < 4.78 is 0. The van der Waals surface area contributed by atoms with Crippen molar-refractivity contribution in [1.29, 1.82) is 0 Å². The molecule has 1 heterocycles. The number of aromatic nitrogens is 1. The summed E-state index contributed by atoms with van der Waals surface area (Å²) in [6, 6.07) is 11.8. The van der Waals surface area contributed by atoms with E-state index in [1.165, 1.54) is 5.56 Å². The Balaban J connectivity index is 2.00. The quantitative estimate of drug-likeness (QED) is 0.891. The highest BCUT2D eigenvalue weighted by molar-refractivity contribution is 5.94. The molecule has 2 aromatic rings. The Morgan fingerprint density at radius 3 is 2.45 bits per heavy atom. The summed E-state index contributed by atoms with van der Waals surface area (Å²) in [4.78, 5) is 18.7. The van der Waals surface area contributed by atoms with Crippen LogP contribution in [0, 0.1) is 6.92 Å². The Hall–Kier alpha value is -2.36. The van der Waals surface area contributed by atoms with E-state index in [9.17, 15) is 4.79 Å². The summed E-state index contributed by atoms with van der Waals surface area (Å²) in [6.07, 6.45) is 1.64. The third-order valence-electron chi connectivity index (χ3n) is 3.80. The van der Waals surface area contributed by atoms with E-state index in [0.717, 1.165) is 24.5 Å². The second kappa shape index (κ2) is 7.59. The largest absolute Gasteiger partial charge is 0.357 e. The van der Waals surface area contributed by atoms with E-state index in [2.05, 4.69) is 29.0 Å². The van der Waals surface area contributed by atoms with Gasteiger partial charge in [-0.1, -0.05) is 24.3 Å². The van der Waals surface area contributed by atoms with Gasteiger partial charge >= 0.3 is 0 Å². The molecule has 116 valence electrons. The molecule has 1 N–H and O–H groups in total. The topological polar surface area (TPSA) is 45.2 Å². The maximum absolute atomic E-state index is 12.2. The highest BCUT2D eigenvalue weighted by Gasteiger charge is 2.08. The standard InChI is InChI=1S/C18H23N3O/c1-4-21(5-2)17-11-10-16(13-19-17)18(22)20-12-15-9-7-6-8-14(15)3/h6-11,13H,4-5,12H2,1-3H3,(H,20,22). The van der Waals surface area contributed by atoms with E-state index >= 15 is 0 Å². The van der Waals surface area contributed by atoms with Crippen LogP contribution in [0.1, 0.15) is 35.3 Å². The first kappa shape index (κ1) is 16.0. The molecule has 1 amide bonds. The Morgan fingerprint density at radius 1 is 1.14 bits per heavy atom. The van der Waals surface area contributed by atoms with Gasteiger partial charge < -0.3 is 10.2 Å². The number of hydrogen-bond donors (Lipinski definition) is 1. The molecule has 0 aliphatic heterocycles. The second-order valence-electron chi connectivity index (χ2n) is 5.19. The summed E-state index contributed by atoms with van der Waals surface area (Å²) >= 11 is 0. The monoisotopic (exact) mass is 297 g/mol. The van der Waals surface area contributed by atoms with Crippen molar-refractivity contribution in [2.75, 3.05) is 18.0 Å². The zero-order valence-electron chi connectivity index (χ0n) is 13.5. The number of pyridine rings is 1. The van der Waals surface area contributed by atoms with Crippen molar-refractivity contribution in [3.8, 4) is 0 Å². The molecule has 0 saturated heterocycles. The minimum Gasteiger partial charge on any atom is -0.357 e. The van der Waals surface area contributed by atoms with Crippen LogP contribution in [0.2, 0.25) is 0 Å². The molecular formula is C18H23N3O. The first-order chi connectivity index (χ1) is 10.7. The molecule has 0 saturated carbocycles. The van der Waals surface area contributed by atoms with Crippen LogP contribution in [0.5, 0.6) is 0 Å². The molecule has 2 rings (SSSR count). The molecule has 0 radical (unpaired) electrons. The lowest BCUT2D eigenvalue weighted by molar-refractivity contribution is 0.0950. The van der Waals surface area contributed by atoms with Gasteiger partial charge in [0.1, 0.15) is 5.82 Å². The summed E-state index contributed by atoms with van der Waals surface area (Å²) in [6.45, 7) is 8.57. The van der Waals surface area contributed by atoms with Crippen LogP contribution in [0.3, 0.4) is 0 Å². The number of nitrogens with zero attached hydrogens (tertiary/aromatic N) is 2. The van der Waals surface area contributed by atoms with Crippen LogP contribution in [0.4, 0.5) is 5.82 Å². The van der Waals surface area contributed by atoms with Crippen molar-refractivity contribution in [2.45, 2.75) is 27.3 Å². The number of hydrogen-bond acceptors (Lipinski definition) is 3. The smallest absolute Gasteiger partial charge is 0.253 e. The van der Waals surface area contributed by atoms with Crippen molar-refractivity contribution in [3.63, 3.8) is 0 Å². The van der Waals surface area contributed by atoms with Gasteiger partial charge in [0.2, 0.25) is 0 Å². The van der Waals surface area contributed by atoms with Gasteiger partial charge in [-0.25, -0.2) is 4.98 Å². The van der Waals surface area contributed by atoms with E-state index in [4.69, 9.17) is 0 Å². The number of nitrogens with one attached hydrogen (secondary N) is 1. The van der Waals surface area contributed by atoms with E-state index in [0.29, 0.717) is 12.1 Å². The van der Waals surface area contributed by atoms with Gasteiger partial charge in [-0.3, -0.25) is 4.79 Å². The molecule has 0 aliphatic carbocycles. The van der Waals surface area contributed by atoms with Crippen molar-refractivity contribution < 1.29 is 4.79 Å². The number of anilines is 1. The maximum atomic E-state index is 12.2. The maximum Gasteiger partial charge on any atom is 0.253 e. The van der Waals surface area contributed by atoms with Gasteiger partial charge in [-0.15, -0.1) is 0 Å². The fourth-order valence-corrected chi connectivity index (χ4v) is 2.34. The van der Waals surface area contributed by atoms with E-state index < -0.39 is 0 Å². The molecule has 0 aliphatic rings. The number of rotatable bonds is 6. The molecule has 0 bridgehead atoms. The minimum atomic E-state index is -0.0955. The van der Waals surface area contributed by atoms with Crippen LogP contribution in [-0.2, 0) is 6.54 Å². The SMILES string of the molecule is CCN(CC)c1ccc(C(=O)NCc2ccccc2C)cn1. The Labute approximate surface area is 132 Å². The molecule has 4 heteroatoms. The third kappa shape index (κ3) is 3.85. The van der Waals surface area contributed by atoms with Gasteiger partial charge in [0.15, 0.2) is 0 Å². The molecule has 22 heavy (non-hydrogen) atoms. The average molecular weight is 297 g/mol. The zero-order valence-corrected chi connectivity index (χ0v) is 13.5. The molecule has 0 spiro atoms. The van der Waals surface area contributed by atoms with Crippen molar-refractivity contribution in [1.82, 2.24) is 10.3 Å². The molecule has 0 atom stereocenters. The number of carbonyl (C=O) groups excluding carboxylic acids is 1. The average Bonchev–Trinajstić information content (AvgIpc) is 2.55. The molecule has 1 aromatic carbocycles. The second-order valence-corrected chi connectivity index (χ2v) is 5.19. The van der Waals surface area contributed by atoms with E-state index in [1.54, 1.807) is 6.20 Å². The molecule has 1 aromatic heterocycles. The summed E-state index contributed by atoms with van der Waals surface area (Å²) in [5.41, 5.74) is 2.89. The summed E-state index contributed by atoms with van der Waals surface area (Å²) in [5, 5.41) is 2.94. The fraction of sp³-hybridized carbons (Fsp3) is 0.333. The Morgan fingerprint density at radius 2 is 1.86 bits per heavy atom. The number of amides is 1. The lowest BCUT2D eigenvalue weighted by Gasteiger charge is -2.19. The van der Waals surface area contributed by atoms with Crippen molar-refractivity contribution >= 4 is 11.7 Å². The first-order valence-corrected chi connectivity index (χ1v) is 7.69. The van der Waals surface area contributed by atoms with Crippen LogP contribution in [0.25, 0.3) is 0 Å².